The summed E-state index contributed by atoms with van der Waals surface area (Å²) in [6, 6.07) is 9.86. The Morgan fingerprint density at radius 3 is 2.59 bits per heavy atom. The molecular weight excluding hydrogens is 458 g/mol. The summed E-state index contributed by atoms with van der Waals surface area (Å²) >= 11 is 12.0. The van der Waals surface area contributed by atoms with E-state index in [2.05, 4.69) is 10.4 Å². The van der Waals surface area contributed by atoms with E-state index in [1.165, 1.54) is 35.2 Å². The molecule has 0 saturated heterocycles. The Labute approximate surface area is 191 Å². The van der Waals surface area contributed by atoms with E-state index < -0.39 is 17.8 Å². The molecule has 0 radical (unpaired) electrons. The van der Waals surface area contributed by atoms with Crippen molar-refractivity contribution in [2.45, 2.75) is 13.1 Å². The highest BCUT2D eigenvalue weighted by Crippen LogP contribution is 2.32. The first kappa shape index (κ1) is 21.6. The fraction of sp³-hybridized carbons (Fsp3) is 0.143. The Morgan fingerprint density at radius 2 is 1.94 bits per heavy atom. The van der Waals surface area contributed by atoms with Crippen molar-refractivity contribution in [2.24, 2.45) is 5.73 Å². The van der Waals surface area contributed by atoms with E-state index in [0.29, 0.717) is 30.0 Å². The Morgan fingerprint density at radius 1 is 1.16 bits per heavy atom. The zero-order chi connectivity index (χ0) is 23.0. The molecular formula is C21H15Cl2FN6O2. The van der Waals surface area contributed by atoms with E-state index in [-0.39, 0.29) is 33.4 Å². The number of halogens is 3. The number of amides is 3. The lowest BCUT2D eigenvalue weighted by Crippen LogP contribution is -2.42. The van der Waals surface area contributed by atoms with Gasteiger partial charge in [-0.1, -0.05) is 23.2 Å². The zero-order valence-corrected chi connectivity index (χ0v) is 17.9. The normalized spacial score (nSPS) is 12.8. The topological polar surface area (TPSA) is 117 Å². The second-order valence-electron chi connectivity index (χ2n) is 7.04. The van der Waals surface area contributed by atoms with Crippen LogP contribution in [0.2, 0.25) is 10.0 Å². The third-order valence-corrected chi connectivity index (χ3v) is 5.66. The monoisotopic (exact) mass is 472 g/mol. The number of benzene rings is 2. The van der Waals surface area contributed by atoms with Crippen LogP contribution in [-0.4, -0.2) is 33.2 Å². The summed E-state index contributed by atoms with van der Waals surface area (Å²) in [6.07, 6.45) is 0. The molecule has 0 bridgehead atoms. The number of hydrogen-bond acceptors (Lipinski definition) is 4. The summed E-state index contributed by atoms with van der Waals surface area (Å²) in [5.41, 5.74) is 7.45. The van der Waals surface area contributed by atoms with Crippen LogP contribution in [0.25, 0.3) is 11.3 Å². The maximum Gasteiger partial charge on any atom is 0.315 e. The SMILES string of the molecule is N#Cc1ccc(NC(=O)c2c(-c3ccc(F)c(Cl)c3)nn3c2CN(C(N)=O)CC3)cc1Cl. The molecule has 162 valence electrons. The second-order valence-corrected chi connectivity index (χ2v) is 7.86. The van der Waals surface area contributed by atoms with Crippen molar-refractivity contribution in [3.63, 3.8) is 0 Å². The van der Waals surface area contributed by atoms with Crippen LogP contribution in [0, 0.1) is 17.1 Å². The molecule has 2 heterocycles. The molecule has 0 atom stereocenters. The number of primary amides is 1. The maximum absolute atomic E-state index is 13.7. The number of carbonyl (C=O) groups is 2. The molecule has 8 nitrogen and oxygen atoms in total. The van der Waals surface area contributed by atoms with Gasteiger partial charge in [0.2, 0.25) is 0 Å². The van der Waals surface area contributed by atoms with Crippen LogP contribution in [0.3, 0.4) is 0 Å². The number of rotatable bonds is 3. The highest BCUT2D eigenvalue weighted by molar-refractivity contribution is 6.32. The van der Waals surface area contributed by atoms with Crippen LogP contribution in [0.15, 0.2) is 36.4 Å². The van der Waals surface area contributed by atoms with Gasteiger partial charge in [-0.25, -0.2) is 9.18 Å². The summed E-state index contributed by atoms with van der Waals surface area (Å²) in [4.78, 5) is 26.4. The number of aromatic nitrogens is 2. The number of nitrogens with one attached hydrogen (secondary N) is 1. The zero-order valence-electron chi connectivity index (χ0n) is 16.4. The Bertz CT molecular complexity index is 1300. The van der Waals surface area contributed by atoms with Crippen molar-refractivity contribution in [1.82, 2.24) is 14.7 Å². The van der Waals surface area contributed by atoms with Gasteiger partial charge in [0, 0.05) is 17.8 Å². The summed E-state index contributed by atoms with van der Waals surface area (Å²) in [5.74, 6) is -1.12. The molecule has 0 fully saturated rings. The van der Waals surface area contributed by atoms with Gasteiger partial charge in [0.1, 0.15) is 17.6 Å². The van der Waals surface area contributed by atoms with Gasteiger partial charge in [-0.3, -0.25) is 9.48 Å². The minimum Gasteiger partial charge on any atom is -0.351 e. The molecule has 1 aliphatic rings. The maximum atomic E-state index is 13.7. The third-order valence-electron chi connectivity index (χ3n) is 5.06. The lowest BCUT2D eigenvalue weighted by atomic mass is 10.0. The number of hydrogen-bond donors (Lipinski definition) is 2. The lowest BCUT2D eigenvalue weighted by Gasteiger charge is -2.26. The highest BCUT2D eigenvalue weighted by Gasteiger charge is 2.30. The van der Waals surface area contributed by atoms with Crippen LogP contribution in [0.1, 0.15) is 21.6 Å². The third kappa shape index (κ3) is 3.98. The fourth-order valence-corrected chi connectivity index (χ4v) is 3.87. The molecule has 0 aliphatic carbocycles. The Hall–Kier alpha value is -3.61. The number of anilines is 1. The predicted molar refractivity (Wildman–Crippen MR) is 117 cm³/mol. The lowest BCUT2D eigenvalue weighted by molar-refractivity contribution is 0.102. The molecule has 0 unspecified atom stereocenters. The van der Waals surface area contributed by atoms with Gasteiger partial charge >= 0.3 is 6.03 Å². The van der Waals surface area contributed by atoms with Gasteiger partial charge in [-0.15, -0.1) is 0 Å². The van der Waals surface area contributed by atoms with Gasteiger partial charge in [0.15, 0.2) is 0 Å². The molecule has 3 N–H and O–H groups in total. The molecule has 2 aromatic carbocycles. The van der Waals surface area contributed by atoms with E-state index in [9.17, 15) is 14.0 Å². The van der Waals surface area contributed by atoms with Crippen molar-refractivity contribution in [1.29, 1.82) is 5.26 Å². The number of urea groups is 1. The molecule has 1 aliphatic heterocycles. The van der Waals surface area contributed by atoms with Crippen LogP contribution < -0.4 is 11.1 Å². The average Bonchev–Trinajstić information content (AvgIpc) is 3.14. The average molecular weight is 473 g/mol. The predicted octanol–water partition coefficient (Wildman–Crippen LogP) is 4.01. The van der Waals surface area contributed by atoms with E-state index in [4.69, 9.17) is 34.2 Å². The first-order chi connectivity index (χ1) is 15.3. The number of nitrogens with two attached hydrogens (primary N) is 1. The number of fused-ring (bicyclic) bond motifs is 1. The molecule has 3 amide bonds. The summed E-state index contributed by atoms with van der Waals surface area (Å²) in [6.45, 7) is 0.740. The van der Waals surface area contributed by atoms with Crippen molar-refractivity contribution >= 4 is 40.8 Å². The molecule has 0 spiro atoms. The van der Waals surface area contributed by atoms with E-state index in [1.54, 1.807) is 10.7 Å². The first-order valence-electron chi connectivity index (χ1n) is 9.39. The molecule has 1 aromatic heterocycles. The van der Waals surface area contributed by atoms with E-state index >= 15 is 0 Å². The molecule has 4 rings (SSSR count). The number of nitriles is 1. The highest BCUT2D eigenvalue weighted by atomic mass is 35.5. The van der Waals surface area contributed by atoms with Crippen molar-refractivity contribution in [3.05, 3.63) is 69.1 Å². The van der Waals surface area contributed by atoms with Crippen LogP contribution in [-0.2, 0) is 13.1 Å². The largest absolute Gasteiger partial charge is 0.351 e. The standard InChI is InChI=1S/C21H15Cl2FN6O2/c22-14-8-13(3-1-12(14)9-25)27-20(31)18-17-10-29(21(26)32)5-6-30(17)28-19(18)11-2-4-16(24)15(23)7-11/h1-4,7-8H,5-6,10H2,(H2,26,32)(H,27,31). The van der Waals surface area contributed by atoms with E-state index in [0.717, 1.165) is 0 Å². The first-order valence-corrected chi connectivity index (χ1v) is 10.1. The van der Waals surface area contributed by atoms with Crippen molar-refractivity contribution in [2.75, 3.05) is 11.9 Å². The van der Waals surface area contributed by atoms with Crippen LogP contribution in [0.5, 0.6) is 0 Å². The van der Waals surface area contributed by atoms with Gasteiger partial charge < -0.3 is 16.0 Å². The second kappa shape index (κ2) is 8.49. The van der Waals surface area contributed by atoms with Gasteiger partial charge in [0.25, 0.3) is 5.91 Å². The fourth-order valence-electron chi connectivity index (χ4n) is 3.47. The molecule has 11 heteroatoms. The number of carbonyl (C=O) groups excluding carboxylic acids is 2. The summed E-state index contributed by atoms with van der Waals surface area (Å²) in [7, 11) is 0. The van der Waals surface area contributed by atoms with Gasteiger partial charge in [-0.05, 0) is 36.4 Å². The van der Waals surface area contributed by atoms with E-state index in [1.807, 2.05) is 6.07 Å². The Kier molecular flexibility index (Phi) is 5.74. The van der Waals surface area contributed by atoms with Crippen LogP contribution in [0.4, 0.5) is 14.9 Å². The molecule has 3 aromatic rings. The van der Waals surface area contributed by atoms with Crippen molar-refractivity contribution in [3.8, 4) is 17.3 Å². The summed E-state index contributed by atoms with van der Waals surface area (Å²) in [5, 5.41) is 16.4. The molecule has 32 heavy (non-hydrogen) atoms. The molecule has 0 saturated carbocycles. The van der Waals surface area contributed by atoms with Crippen molar-refractivity contribution < 1.29 is 14.0 Å². The van der Waals surface area contributed by atoms with Crippen LogP contribution >= 0.6 is 23.2 Å². The minimum atomic E-state index is -0.617. The van der Waals surface area contributed by atoms with Gasteiger partial charge in [0.05, 0.1) is 40.0 Å². The smallest absolute Gasteiger partial charge is 0.315 e. The number of nitrogens with zero attached hydrogens (tertiary/aromatic N) is 4. The summed E-state index contributed by atoms with van der Waals surface area (Å²) < 4.78 is 15.3. The Balaban J connectivity index is 1.79. The quantitative estimate of drug-likeness (QED) is 0.598. The van der Waals surface area contributed by atoms with Gasteiger partial charge in [-0.2, -0.15) is 10.4 Å². The minimum absolute atomic E-state index is 0.0775.